The van der Waals surface area contributed by atoms with Crippen molar-refractivity contribution in [2.45, 2.75) is 31.1 Å². The highest BCUT2D eigenvalue weighted by Gasteiger charge is 2.25. The van der Waals surface area contributed by atoms with Gasteiger partial charge in [0.25, 0.3) is 0 Å². The number of anilines is 2. The number of thiophene rings is 1. The maximum atomic E-state index is 12.1. The van der Waals surface area contributed by atoms with Crippen LogP contribution in [0.3, 0.4) is 0 Å². The SMILES string of the molecule is CCS(=O)(=O)c1c(NCCCCCOC)sc(C#N)c1N. The topological polar surface area (TPSA) is 105 Å². The third kappa shape index (κ3) is 4.59. The summed E-state index contributed by atoms with van der Waals surface area (Å²) in [6, 6.07) is 1.94. The molecule has 0 aromatic carbocycles. The fourth-order valence-electron chi connectivity index (χ4n) is 1.83. The highest BCUT2D eigenvalue weighted by Crippen LogP contribution is 2.39. The molecular weight excluding hydrogens is 310 g/mol. The molecule has 0 aliphatic rings. The number of sulfone groups is 1. The Morgan fingerprint density at radius 1 is 1.38 bits per heavy atom. The summed E-state index contributed by atoms with van der Waals surface area (Å²) in [5, 5.41) is 12.6. The minimum atomic E-state index is -3.45. The lowest BCUT2D eigenvalue weighted by atomic mass is 10.2. The van der Waals surface area contributed by atoms with Crippen LogP contribution in [0.2, 0.25) is 0 Å². The van der Waals surface area contributed by atoms with Crippen LogP contribution in [0.5, 0.6) is 0 Å². The Balaban J connectivity index is 2.81. The number of hydrogen-bond donors (Lipinski definition) is 2. The largest absolute Gasteiger partial charge is 0.396 e. The highest BCUT2D eigenvalue weighted by atomic mass is 32.2. The fraction of sp³-hybridized carbons (Fsp3) is 0.615. The molecule has 0 atom stereocenters. The van der Waals surface area contributed by atoms with Gasteiger partial charge in [0.1, 0.15) is 20.8 Å². The minimum Gasteiger partial charge on any atom is -0.396 e. The Kier molecular flexibility index (Phi) is 6.95. The molecule has 0 unspecified atom stereocenters. The monoisotopic (exact) mass is 331 g/mol. The third-order valence-electron chi connectivity index (χ3n) is 3.00. The first-order valence-corrected chi connectivity index (χ1v) is 9.22. The molecule has 0 saturated heterocycles. The zero-order chi connectivity index (χ0) is 15.9. The fourth-order valence-corrected chi connectivity index (χ4v) is 4.32. The van der Waals surface area contributed by atoms with E-state index in [2.05, 4.69) is 5.32 Å². The number of nitrogen functional groups attached to an aromatic ring is 1. The first kappa shape index (κ1) is 17.8. The smallest absolute Gasteiger partial charge is 0.183 e. The van der Waals surface area contributed by atoms with Gasteiger partial charge in [-0.25, -0.2) is 8.42 Å². The Morgan fingerprint density at radius 2 is 2.10 bits per heavy atom. The molecule has 0 aliphatic carbocycles. The normalized spacial score (nSPS) is 11.3. The summed E-state index contributed by atoms with van der Waals surface area (Å²) in [6.45, 7) is 2.92. The Hall–Kier alpha value is -1.30. The number of unbranched alkanes of at least 4 members (excludes halogenated alkanes) is 2. The number of nitrogens with one attached hydrogen (secondary N) is 1. The van der Waals surface area contributed by atoms with Crippen molar-refractivity contribution in [1.82, 2.24) is 0 Å². The van der Waals surface area contributed by atoms with E-state index in [1.54, 1.807) is 14.0 Å². The van der Waals surface area contributed by atoms with Crippen molar-refractivity contribution in [1.29, 1.82) is 5.26 Å². The predicted molar refractivity (Wildman–Crippen MR) is 85.4 cm³/mol. The first-order chi connectivity index (χ1) is 9.97. The lowest BCUT2D eigenvalue weighted by Crippen LogP contribution is -2.10. The Bertz CT molecular complexity index is 603. The summed E-state index contributed by atoms with van der Waals surface area (Å²) in [5.41, 5.74) is 5.86. The summed E-state index contributed by atoms with van der Waals surface area (Å²) < 4.78 is 29.2. The van der Waals surface area contributed by atoms with Crippen molar-refractivity contribution in [3.63, 3.8) is 0 Å². The maximum absolute atomic E-state index is 12.1. The Morgan fingerprint density at radius 3 is 2.67 bits per heavy atom. The van der Waals surface area contributed by atoms with Crippen LogP contribution in [-0.2, 0) is 14.6 Å². The molecule has 1 aromatic heterocycles. The zero-order valence-corrected chi connectivity index (χ0v) is 13.9. The quantitative estimate of drug-likeness (QED) is 0.672. The number of methoxy groups -OCH3 is 1. The van der Waals surface area contributed by atoms with Gasteiger partial charge in [0.15, 0.2) is 9.84 Å². The van der Waals surface area contributed by atoms with E-state index in [-0.39, 0.29) is 21.2 Å². The van der Waals surface area contributed by atoms with Crippen LogP contribution in [0.1, 0.15) is 31.1 Å². The van der Waals surface area contributed by atoms with E-state index in [1.807, 2.05) is 6.07 Å². The van der Waals surface area contributed by atoms with Crippen LogP contribution in [0, 0.1) is 11.3 Å². The predicted octanol–water partition coefficient (Wildman–Crippen LogP) is 2.22. The van der Waals surface area contributed by atoms with E-state index >= 15 is 0 Å². The average molecular weight is 331 g/mol. The molecule has 0 amide bonds. The van der Waals surface area contributed by atoms with E-state index < -0.39 is 9.84 Å². The van der Waals surface area contributed by atoms with Crippen molar-refractivity contribution in [3.8, 4) is 6.07 Å². The molecule has 0 bridgehead atoms. The van der Waals surface area contributed by atoms with Gasteiger partial charge in [0.05, 0.1) is 11.4 Å². The summed E-state index contributed by atoms with van der Waals surface area (Å²) in [6.07, 6.45) is 2.85. The number of nitriles is 1. The van der Waals surface area contributed by atoms with E-state index in [1.165, 1.54) is 0 Å². The molecule has 1 rings (SSSR count). The molecule has 8 heteroatoms. The van der Waals surface area contributed by atoms with Crippen LogP contribution in [0.25, 0.3) is 0 Å². The standard InChI is InChI=1S/C13H21N3O3S2/c1-3-21(17,18)12-11(15)10(9-14)20-13(12)16-7-5-4-6-8-19-2/h16H,3-8,15H2,1-2H3. The van der Waals surface area contributed by atoms with Gasteiger partial charge in [-0.1, -0.05) is 6.92 Å². The molecule has 0 spiro atoms. The second-order valence-corrected chi connectivity index (χ2v) is 7.73. The summed E-state index contributed by atoms with van der Waals surface area (Å²) in [5.74, 6) is -0.0404. The number of nitrogens with two attached hydrogens (primary N) is 1. The summed E-state index contributed by atoms with van der Waals surface area (Å²) in [7, 11) is -1.78. The van der Waals surface area contributed by atoms with Gasteiger partial charge in [-0.2, -0.15) is 5.26 Å². The molecule has 0 fully saturated rings. The average Bonchev–Trinajstić information content (AvgIpc) is 2.79. The van der Waals surface area contributed by atoms with E-state index in [0.29, 0.717) is 11.5 Å². The number of ether oxygens (including phenoxy) is 1. The summed E-state index contributed by atoms with van der Waals surface area (Å²) >= 11 is 1.10. The molecule has 118 valence electrons. The van der Waals surface area contributed by atoms with Gasteiger partial charge in [-0.15, -0.1) is 11.3 Å². The van der Waals surface area contributed by atoms with Crippen LogP contribution >= 0.6 is 11.3 Å². The van der Waals surface area contributed by atoms with Crippen LogP contribution < -0.4 is 11.1 Å². The maximum Gasteiger partial charge on any atom is 0.183 e. The first-order valence-electron chi connectivity index (χ1n) is 6.75. The van der Waals surface area contributed by atoms with Gasteiger partial charge in [-0.05, 0) is 19.3 Å². The van der Waals surface area contributed by atoms with Gasteiger partial charge < -0.3 is 15.8 Å². The number of nitrogens with zero attached hydrogens (tertiary/aromatic N) is 1. The van der Waals surface area contributed by atoms with Gasteiger partial charge in [-0.3, -0.25) is 0 Å². The van der Waals surface area contributed by atoms with Gasteiger partial charge >= 0.3 is 0 Å². The zero-order valence-electron chi connectivity index (χ0n) is 12.3. The minimum absolute atomic E-state index is 0.0404. The molecule has 3 N–H and O–H groups in total. The van der Waals surface area contributed by atoms with E-state index in [0.717, 1.165) is 37.2 Å². The molecule has 0 aliphatic heterocycles. The molecule has 0 radical (unpaired) electrons. The van der Waals surface area contributed by atoms with Crippen molar-refractivity contribution < 1.29 is 13.2 Å². The Labute approximate surface area is 129 Å². The highest BCUT2D eigenvalue weighted by molar-refractivity contribution is 7.91. The molecule has 1 heterocycles. The lowest BCUT2D eigenvalue weighted by molar-refractivity contribution is 0.192. The van der Waals surface area contributed by atoms with E-state index in [9.17, 15) is 8.42 Å². The van der Waals surface area contributed by atoms with Crippen molar-refractivity contribution in [2.24, 2.45) is 0 Å². The van der Waals surface area contributed by atoms with Crippen LogP contribution in [-0.4, -0.2) is 34.4 Å². The van der Waals surface area contributed by atoms with Crippen molar-refractivity contribution in [2.75, 3.05) is 37.1 Å². The number of rotatable bonds is 9. The number of hydrogen-bond acceptors (Lipinski definition) is 7. The molecule has 0 saturated carbocycles. The molecule has 21 heavy (non-hydrogen) atoms. The molecular formula is C13H21N3O3S2. The van der Waals surface area contributed by atoms with Crippen LogP contribution in [0.4, 0.5) is 10.7 Å². The van der Waals surface area contributed by atoms with Crippen LogP contribution in [0.15, 0.2) is 4.90 Å². The van der Waals surface area contributed by atoms with Crippen molar-refractivity contribution in [3.05, 3.63) is 4.88 Å². The van der Waals surface area contributed by atoms with Gasteiger partial charge in [0, 0.05) is 20.3 Å². The second kappa shape index (κ2) is 8.22. The van der Waals surface area contributed by atoms with E-state index in [4.69, 9.17) is 15.7 Å². The molecule has 1 aromatic rings. The van der Waals surface area contributed by atoms with Gasteiger partial charge in [0.2, 0.25) is 0 Å². The summed E-state index contributed by atoms with van der Waals surface area (Å²) in [4.78, 5) is 0.312. The lowest BCUT2D eigenvalue weighted by Gasteiger charge is -2.08. The third-order valence-corrected chi connectivity index (χ3v) is 6.01. The van der Waals surface area contributed by atoms with Crippen molar-refractivity contribution >= 4 is 31.9 Å². The second-order valence-electron chi connectivity index (χ2n) is 4.50. The molecule has 6 nitrogen and oxygen atoms in total.